The molecule has 1 aromatic heterocycles. The number of benzene rings is 1. The molecule has 1 unspecified atom stereocenters. The predicted octanol–water partition coefficient (Wildman–Crippen LogP) is 5.62. The van der Waals surface area contributed by atoms with Crippen molar-refractivity contribution in [1.29, 1.82) is 0 Å². The third kappa shape index (κ3) is 7.36. The van der Waals surface area contributed by atoms with Gasteiger partial charge in [-0.1, -0.05) is 19.3 Å². The molecule has 0 radical (unpaired) electrons. The lowest BCUT2D eigenvalue weighted by Gasteiger charge is -2.39. The van der Waals surface area contributed by atoms with Crippen LogP contribution in [0, 0.1) is 11.8 Å². The molecule has 1 aliphatic carbocycles. The Labute approximate surface area is 220 Å². The van der Waals surface area contributed by atoms with Gasteiger partial charge in [-0.15, -0.1) is 0 Å². The van der Waals surface area contributed by atoms with Crippen molar-refractivity contribution in [2.24, 2.45) is 11.8 Å². The predicted molar refractivity (Wildman–Crippen MR) is 146 cm³/mol. The summed E-state index contributed by atoms with van der Waals surface area (Å²) in [6.07, 6.45) is 11.2. The van der Waals surface area contributed by atoms with Crippen molar-refractivity contribution < 1.29 is 19.4 Å². The molecule has 1 saturated carbocycles. The average Bonchev–Trinajstić information content (AvgIpc) is 2.92. The van der Waals surface area contributed by atoms with Crippen LogP contribution in [0.25, 0.3) is 10.9 Å². The number of aliphatic hydroxyl groups excluding tert-OH is 1. The number of nitrogens with zero attached hydrogens (tertiary/aromatic N) is 2. The van der Waals surface area contributed by atoms with E-state index in [1.54, 1.807) is 13.3 Å². The highest BCUT2D eigenvalue weighted by atomic mass is 32.2. The van der Waals surface area contributed by atoms with Crippen molar-refractivity contribution in [3.63, 3.8) is 0 Å². The molecule has 6 nitrogen and oxygen atoms in total. The lowest BCUT2D eigenvalue weighted by Crippen LogP contribution is -2.42. The van der Waals surface area contributed by atoms with E-state index in [4.69, 9.17) is 9.47 Å². The van der Waals surface area contributed by atoms with Crippen LogP contribution in [0.5, 0.6) is 5.75 Å². The first kappa shape index (κ1) is 27.2. The highest BCUT2D eigenvalue weighted by Crippen LogP contribution is 2.35. The van der Waals surface area contributed by atoms with Crippen LogP contribution >= 0.6 is 11.8 Å². The van der Waals surface area contributed by atoms with E-state index >= 15 is 0 Å². The zero-order valence-electron chi connectivity index (χ0n) is 21.9. The molecule has 1 N–H and O–H groups in total. The third-order valence-electron chi connectivity index (χ3n) is 8.10. The van der Waals surface area contributed by atoms with E-state index in [9.17, 15) is 9.90 Å². The second-order valence-corrected chi connectivity index (χ2v) is 11.8. The van der Waals surface area contributed by atoms with Gasteiger partial charge >= 0.3 is 5.97 Å². The highest BCUT2D eigenvalue weighted by Gasteiger charge is 2.31. The summed E-state index contributed by atoms with van der Waals surface area (Å²) in [4.78, 5) is 19.2. The van der Waals surface area contributed by atoms with E-state index < -0.39 is 6.10 Å². The molecule has 2 heterocycles. The summed E-state index contributed by atoms with van der Waals surface area (Å²) < 4.78 is 10.4. The van der Waals surface area contributed by atoms with Gasteiger partial charge in [0.05, 0.1) is 25.8 Å². The normalized spacial score (nSPS) is 22.4. The summed E-state index contributed by atoms with van der Waals surface area (Å²) in [5.74, 6) is 2.49. The molecule has 1 aliphatic heterocycles. The average molecular weight is 515 g/mol. The number of aliphatic hydroxyl groups is 1. The second-order valence-electron chi connectivity index (χ2n) is 10.4. The van der Waals surface area contributed by atoms with Crippen LogP contribution < -0.4 is 4.74 Å². The van der Waals surface area contributed by atoms with E-state index in [1.807, 2.05) is 24.3 Å². The molecule has 3 atom stereocenters. The molecule has 2 aromatic rings. The Hall–Kier alpha value is -1.83. The molecule has 7 heteroatoms. The van der Waals surface area contributed by atoms with Crippen LogP contribution in [0.2, 0.25) is 0 Å². The quantitative estimate of drug-likeness (QED) is 0.390. The number of pyridine rings is 1. The van der Waals surface area contributed by atoms with Gasteiger partial charge in [0.2, 0.25) is 0 Å². The maximum absolute atomic E-state index is 12.2. The van der Waals surface area contributed by atoms with Crippen molar-refractivity contribution in [3.05, 3.63) is 36.0 Å². The van der Waals surface area contributed by atoms with Gasteiger partial charge < -0.3 is 19.5 Å². The zero-order chi connectivity index (χ0) is 25.3. The fourth-order valence-electron chi connectivity index (χ4n) is 5.94. The first-order valence-electron chi connectivity index (χ1n) is 13.6. The SMILES string of the molecule is COC(=O)C[C@H]1CN(CCSC2CCCCC2)CC[C@H]1CCC(O)c1ccnc2ccc(OC)cc12. The topological polar surface area (TPSA) is 71.9 Å². The number of piperidine rings is 1. The van der Waals surface area contributed by atoms with Crippen molar-refractivity contribution in [2.75, 3.05) is 39.6 Å². The van der Waals surface area contributed by atoms with E-state index in [0.717, 1.165) is 59.9 Å². The molecule has 1 saturated heterocycles. The molecule has 0 amide bonds. The summed E-state index contributed by atoms with van der Waals surface area (Å²) in [6.45, 7) is 3.11. The number of ether oxygens (including phenoxy) is 2. The number of fused-ring (bicyclic) bond motifs is 1. The Morgan fingerprint density at radius 3 is 2.78 bits per heavy atom. The second kappa shape index (κ2) is 13.6. The number of esters is 1. The standard InChI is InChI=1S/C29H42N2O4S/c1-34-23-9-10-27-26(19-23)25(12-14-30-27)28(32)11-8-21-13-15-31(20-22(21)18-29(33)35-2)16-17-36-24-6-4-3-5-7-24/h9-10,12,14,19,21-22,24,28,32H,3-8,11,13,15-18,20H2,1-2H3/t21-,22+,28?/m1/s1. The molecular formula is C29H42N2O4S. The number of methoxy groups -OCH3 is 2. The van der Waals surface area contributed by atoms with Crippen molar-refractivity contribution in [1.82, 2.24) is 9.88 Å². The Morgan fingerprint density at radius 2 is 2.00 bits per heavy atom. The zero-order valence-corrected chi connectivity index (χ0v) is 22.7. The first-order valence-corrected chi connectivity index (χ1v) is 14.6. The van der Waals surface area contributed by atoms with Gasteiger partial charge in [-0.25, -0.2) is 0 Å². The number of likely N-dealkylation sites (tertiary alicyclic amines) is 1. The molecule has 1 aromatic carbocycles. The fraction of sp³-hybridized carbons (Fsp3) is 0.655. The van der Waals surface area contributed by atoms with Crippen LogP contribution in [-0.4, -0.2) is 65.8 Å². The monoisotopic (exact) mass is 514 g/mol. The number of hydrogen-bond acceptors (Lipinski definition) is 7. The molecular weight excluding hydrogens is 472 g/mol. The minimum absolute atomic E-state index is 0.129. The summed E-state index contributed by atoms with van der Waals surface area (Å²) in [5, 5.41) is 12.9. The number of aromatic nitrogens is 1. The van der Waals surface area contributed by atoms with Crippen LogP contribution in [-0.2, 0) is 9.53 Å². The van der Waals surface area contributed by atoms with E-state index in [1.165, 1.54) is 45.0 Å². The van der Waals surface area contributed by atoms with Gasteiger partial charge in [-0.2, -0.15) is 11.8 Å². The van der Waals surface area contributed by atoms with Gasteiger partial charge in [-0.05, 0) is 80.3 Å². The molecule has 2 fully saturated rings. The summed E-state index contributed by atoms with van der Waals surface area (Å²) in [5.41, 5.74) is 1.75. The van der Waals surface area contributed by atoms with Gasteiger partial charge in [0.25, 0.3) is 0 Å². The van der Waals surface area contributed by atoms with Crippen molar-refractivity contribution >= 4 is 28.6 Å². The van der Waals surface area contributed by atoms with Crippen LogP contribution in [0.3, 0.4) is 0 Å². The van der Waals surface area contributed by atoms with Crippen LogP contribution in [0.15, 0.2) is 30.5 Å². The summed E-state index contributed by atoms with van der Waals surface area (Å²) in [7, 11) is 3.13. The van der Waals surface area contributed by atoms with Gasteiger partial charge in [0.15, 0.2) is 0 Å². The van der Waals surface area contributed by atoms with Gasteiger partial charge in [-0.3, -0.25) is 9.78 Å². The highest BCUT2D eigenvalue weighted by molar-refractivity contribution is 7.99. The fourth-order valence-corrected chi connectivity index (χ4v) is 7.30. The van der Waals surface area contributed by atoms with Gasteiger partial charge in [0, 0.05) is 42.1 Å². The minimum Gasteiger partial charge on any atom is -0.497 e. The Bertz CT molecular complexity index is 981. The number of carbonyl (C=O) groups excluding carboxylic acids is 1. The Morgan fingerprint density at radius 1 is 1.17 bits per heavy atom. The molecule has 198 valence electrons. The number of hydrogen-bond donors (Lipinski definition) is 1. The maximum atomic E-state index is 12.2. The number of carbonyl (C=O) groups is 1. The maximum Gasteiger partial charge on any atom is 0.305 e. The largest absolute Gasteiger partial charge is 0.497 e. The lowest BCUT2D eigenvalue weighted by molar-refractivity contribution is -0.142. The molecule has 2 aliphatic rings. The molecule has 36 heavy (non-hydrogen) atoms. The van der Waals surface area contributed by atoms with Gasteiger partial charge in [0.1, 0.15) is 5.75 Å². The van der Waals surface area contributed by atoms with E-state index in [2.05, 4.69) is 21.6 Å². The molecule has 4 rings (SSSR count). The summed E-state index contributed by atoms with van der Waals surface area (Å²) >= 11 is 2.15. The first-order chi connectivity index (χ1) is 17.6. The Kier molecular flexibility index (Phi) is 10.3. The minimum atomic E-state index is -0.577. The van der Waals surface area contributed by atoms with Crippen LogP contribution in [0.1, 0.15) is 69.5 Å². The van der Waals surface area contributed by atoms with E-state index in [0.29, 0.717) is 18.8 Å². The molecule has 0 spiro atoms. The lowest BCUT2D eigenvalue weighted by atomic mass is 9.79. The van der Waals surface area contributed by atoms with Crippen molar-refractivity contribution in [3.8, 4) is 5.75 Å². The van der Waals surface area contributed by atoms with Crippen molar-refractivity contribution in [2.45, 2.75) is 69.1 Å². The third-order valence-corrected chi connectivity index (χ3v) is 9.46. The smallest absolute Gasteiger partial charge is 0.305 e. The van der Waals surface area contributed by atoms with E-state index in [-0.39, 0.29) is 11.9 Å². The Balaban J connectivity index is 1.34. The number of thioether (sulfide) groups is 1. The number of rotatable bonds is 11. The molecule has 0 bridgehead atoms. The summed E-state index contributed by atoms with van der Waals surface area (Å²) in [6, 6.07) is 7.68. The van der Waals surface area contributed by atoms with Crippen LogP contribution in [0.4, 0.5) is 0 Å².